The number of hydrogen-bond donors (Lipinski definition) is 3. The lowest BCUT2D eigenvalue weighted by molar-refractivity contribution is 0.184. The monoisotopic (exact) mass is 544 g/mol. The molecule has 1 atom stereocenters. The van der Waals surface area contributed by atoms with Crippen LogP contribution in [-0.2, 0) is 12.0 Å². The van der Waals surface area contributed by atoms with Crippen molar-refractivity contribution in [2.45, 2.75) is 45.8 Å². The van der Waals surface area contributed by atoms with Gasteiger partial charge in [0, 0.05) is 33.5 Å². The van der Waals surface area contributed by atoms with Crippen LogP contribution in [0.4, 0.5) is 0 Å². The number of aliphatic hydroxyl groups is 1. The molecular weight excluding hydrogens is 515 g/mol. The van der Waals surface area contributed by atoms with Crippen LogP contribution in [0.2, 0.25) is 0 Å². The van der Waals surface area contributed by atoms with Gasteiger partial charge < -0.3 is 15.7 Å². The molecule has 29 heavy (non-hydrogen) atoms. The zero-order valence-electron chi connectivity index (χ0n) is 17.2. The second kappa shape index (κ2) is 10.7. The van der Waals surface area contributed by atoms with Crippen LogP contribution in [0.1, 0.15) is 49.4 Å². The van der Waals surface area contributed by atoms with Gasteiger partial charge in [-0.3, -0.25) is 0 Å². The van der Waals surface area contributed by atoms with E-state index in [4.69, 9.17) is 0 Å². The van der Waals surface area contributed by atoms with Gasteiger partial charge in [-0.15, -0.1) is 46.7 Å². The Morgan fingerprint density at radius 3 is 2.66 bits per heavy atom. The van der Waals surface area contributed by atoms with Crippen LogP contribution in [-0.4, -0.2) is 29.1 Å². The number of aliphatic imine (C=N–C) groups is 1. The van der Waals surface area contributed by atoms with E-state index in [0.29, 0.717) is 19.0 Å². The van der Waals surface area contributed by atoms with Gasteiger partial charge in [0.15, 0.2) is 5.96 Å². The van der Waals surface area contributed by atoms with Crippen LogP contribution in [0.3, 0.4) is 0 Å². The highest BCUT2D eigenvalue weighted by molar-refractivity contribution is 14.0. The van der Waals surface area contributed by atoms with Crippen LogP contribution < -0.4 is 10.6 Å². The Bertz CT molecular complexity index is 912. The second-order valence-corrected chi connectivity index (χ2v) is 9.71. The van der Waals surface area contributed by atoms with Gasteiger partial charge in [-0.25, -0.2) is 9.98 Å². The Kier molecular flexibility index (Phi) is 8.87. The second-order valence-electron chi connectivity index (χ2n) is 7.65. The molecule has 1 unspecified atom stereocenters. The summed E-state index contributed by atoms with van der Waals surface area (Å²) >= 11 is 3.27. The molecule has 2 aromatic heterocycles. The first kappa shape index (κ1) is 24.0. The van der Waals surface area contributed by atoms with E-state index in [1.807, 2.05) is 19.1 Å². The van der Waals surface area contributed by atoms with Crippen molar-refractivity contribution in [2.24, 2.45) is 4.99 Å². The fraction of sp³-hybridized carbons (Fsp3) is 0.429. The van der Waals surface area contributed by atoms with Gasteiger partial charge in [-0.2, -0.15) is 0 Å². The molecule has 3 N–H and O–H groups in total. The van der Waals surface area contributed by atoms with Crippen molar-refractivity contribution in [1.82, 2.24) is 15.6 Å². The molecule has 158 valence electrons. The molecule has 0 aliphatic rings. The topological polar surface area (TPSA) is 69.5 Å². The standard InChI is InChI=1S/C21H28N4OS2.HI/c1-5-22-20(24-12-19-25-18(13-27-19)21(2,3)4)23-11-15(26)17-10-14-8-6-7-9-16(14)28-17;/h6-10,13,15,26H,5,11-12H2,1-4H3,(H2,22,23,24);1H. The van der Waals surface area contributed by atoms with E-state index in [1.165, 1.54) is 10.1 Å². The van der Waals surface area contributed by atoms with Gasteiger partial charge in [-0.05, 0) is 24.4 Å². The van der Waals surface area contributed by atoms with E-state index in [9.17, 15) is 5.11 Å². The summed E-state index contributed by atoms with van der Waals surface area (Å²) in [5.41, 5.74) is 1.15. The average Bonchev–Trinajstić information content (AvgIpc) is 3.30. The maximum atomic E-state index is 10.6. The van der Waals surface area contributed by atoms with Crippen molar-refractivity contribution in [3.63, 3.8) is 0 Å². The van der Waals surface area contributed by atoms with Crippen molar-refractivity contribution < 1.29 is 5.11 Å². The molecule has 1 aromatic carbocycles. The summed E-state index contributed by atoms with van der Waals surface area (Å²) in [6, 6.07) is 10.2. The summed E-state index contributed by atoms with van der Waals surface area (Å²) in [5, 5.41) is 21.3. The lowest BCUT2D eigenvalue weighted by atomic mass is 9.93. The van der Waals surface area contributed by atoms with E-state index in [1.54, 1.807) is 22.7 Å². The summed E-state index contributed by atoms with van der Waals surface area (Å²) in [4.78, 5) is 10.3. The predicted octanol–water partition coefficient (Wildman–Crippen LogP) is 5.06. The van der Waals surface area contributed by atoms with Crippen molar-refractivity contribution in [1.29, 1.82) is 0 Å². The summed E-state index contributed by atoms with van der Waals surface area (Å²) in [6.07, 6.45) is -0.575. The zero-order chi connectivity index (χ0) is 20.1. The highest BCUT2D eigenvalue weighted by Gasteiger charge is 2.17. The molecule has 5 nitrogen and oxygen atoms in total. The zero-order valence-corrected chi connectivity index (χ0v) is 21.2. The summed E-state index contributed by atoms with van der Waals surface area (Å²) in [7, 11) is 0. The third-order valence-electron chi connectivity index (χ3n) is 4.27. The average molecular weight is 545 g/mol. The molecule has 0 bridgehead atoms. The molecule has 2 heterocycles. The van der Waals surface area contributed by atoms with Gasteiger partial charge in [0.1, 0.15) is 11.1 Å². The largest absolute Gasteiger partial charge is 0.386 e. The minimum absolute atomic E-state index is 0. The number of rotatable bonds is 6. The first-order valence-corrected chi connectivity index (χ1v) is 11.2. The van der Waals surface area contributed by atoms with E-state index >= 15 is 0 Å². The number of halogens is 1. The molecule has 3 aromatic rings. The number of benzene rings is 1. The highest BCUT2D eigenvalue weighted by Crippen LogP contribution is 2.29. The number of fused-ring (bicyclic) bond motifs is 1. The molecular formula is C21H29IN4OS2. The lowest BCUT2D eigenvalue weighted by Crippen LogP contribution is -2.39. The molecule has 0 saturated carbocycles. The maximum absolute atomic E-state index is 10.6. The quantitative estimate of drug-likeness (QED) is 0.231. The molecule has 0 aliphatic carbocycles. The van der Waals surface area contributed by atoms with E-state index in [0.717, 1.165) is 22.1 Å². The van der Waals surface area contributed by atoms with Gasteiger partial charge in [-0.1, -0.05) is 39.0 Å². The molecule has 0 spiro atoms. The van der Waals surface area contributed by atoms with Crippen LogP contribution in [0.25, 0.3) is 10.1 Å². The Morgan fingerprint density at radius 2 is 2.00 bits per heavy atom. The third kappa shape index (κ3) is 6.63. The van der Waals surface area contributed by atoms with Gasteiger partial charge in [0.05, 0.1) is 12.2 Å². The Labute approximate surface area is 197 Å². The van der Waals surface area contributed by atoms with Crippen LogP contribution in [0.15, 0.2) is 40.7 Å². The molecule has 0 amide bonds. The van der Waals surface area contributed by atoms with Crippen molar-refractivity contribution in [2.75, 3.05) is 13.1 Å². The number of nitrogens with one attached hydrogen (secondary N) is 2. The predicted molar refractivity (Wildman–Crippen MR) is 136 cm³/mol. The first-order chi connectivity index (χ1) is 13.4. The SMILES string of the molecule is CCNC(=NCc1nc(C(C)(C)C)cs1)NCC(O)c1cc2ccccc2s1.I. The van der Waals surface area contributed by atoms with Gasteiger partial charge in [0.2, 0.25) is 0 Å². The van der Waals surface area contributed by atoms with Crippen molar-refractivity contribution >= 4 is 62.7 Å². The Balaban J connectivity index is 0.00000300. The molecule has 0 saturated heterocycles. The fourth-order valence-electron chi connectivity index (χ4n) is 2.68. The summed E-state index contributed by atoms with van der Waals surface area (Å²) in [6.45, 7) is 10.2. The smallest absolute Gasteiger partial charge is 0.191 e. The van der Waals surface area contributed by atoms with Crippen molar-refractivity contribution in [3.05, 3.63) is 51.3 Å². The first-order valence-electron chi connectivity index (χ1n) is 9.50. The van der Waals surface area contributed by atoms with E-state index in [2.05, 4.69) is 65.0 Å². The number of nitrogens with zero attached hydrogens (tertiary/aromatic N) is 2. The normalized spacial score (nSPS) is 13.2. The minimum Gasteiger partial charge on any atom is -0.386 e. The van der Waals surface area contributed by atoms with Gasteiger partial charge in [0.25, 0.3) is 0 Å². The van der Waals surface area contributed by atoms with Crippen LogP contribution in [0, 0.1) is 0 Å². The molecule has 8 heteroatoms. The summed E-state index contributed by atoms with van der Waals surface area (Å²) < 4.78 is 1.19. The van der Waals surface area contributed by atoms with Gasteiger partial charge >= 0.3 is 0 Å². The molecule has 3 rings (SSSR count). The number of aliphatic hydroxyl groups excluding tert-OH is 1. The fourth-order valence-corrected chi connectivity index (χ4v) is 4.67. The molecule has 0 fully saturated rings. The number of thiazole rings is 1. The van der Waals surface area contributed by atoms with E-state index < -0.39 is 6.10 Å². The summed E-state index contributed by atoms with van der Waals surface area (Å²) in [5.74, 6) is 0.690. The Hall–Kier alpha value is -1.23. The number of thiophene rings is 1. The highest BCUT2D eigenvalue weighted by atomic mass is 127. The molecule has 0 radical (unpaired) electrons. The maximum Gasteiger partial charge on any atom is 0.191 e. The Morgan fingerprint density at radius 1 is 1.24 bits per heavy atom. The number of guanidine groups is 1. The van der Waals surface area contributed by atoms with E-state index in [-0.39, 0.29) is 29.4 Å². The minimum atomic E-state index is -0.575. The van der Waals surface area contributed by atoms with Crippen LogP contribution in [0.5, 0.6) is 0 Å². The number of aromatic nitrogens is 1. The lowest BCUT2D eigenvalue weighted by Gasteiger charge is -2.14. The van der Waals surface area contributed by atoms with Crippen molar-refractivity contribution in [3.8, 4) is 0 Å². The third-order valence-corrected chi connectivity index (χ3v) is 6.32. The molecule has 0 aliphatic heterocycles. The van der Waals surface area contributed by atoms with Crippen LogP contribution >= 0.6 is 46.7 Å². The number of hydrogen-bond acceptors (Lipinski definition) is 5.